The van der Waals surface area contributed by atoms with Crippen LogP contribution in [0, 0.1) is 0 Å². The van der Waals surface area contributed by atoms with Gasteiger partial charge in [-0.3, -0.25) is 0 Å². The standard InChI is InChI=1S/C7H8S2/c8-5-1-3-7-4-2-6-9-7/h1-4,6,8H,5H2. The number of thiophene rings is 1. The Labute approximate surface area is 64.6 Å². The van der Waals surface area contributed by atoms with Gasteiger partial charge in [0.15, 0.2) is 0 Å². The Bertz CT molecular complexity index is 175. The summed E-state index contributed by atoms with van der Waals surface area (Å²) in [6, 6.07) is 4.13. The molecule has 0 saturated carbocycles. The molecule has 0 nitrogen and oxygen atoms in total. The fourth-order valence-corrected chi connectivity index (χ4v) is 1.31. The van der Waals surface area contributed by atoms with E-state index in [0.29, 0.717) is 0 Å². The molecule has 9 heavy (non-hydrogen) atoms. The van der Waals surface area contributed by atoms with Gasteiger partial charge in [0.25, 0.3) is 0 Å². The molecule has 2 heteroatoms. The van der Waals surface area contributed by atoms with Gasteiger partial charge in [-0.05, 0) is 17.5 Å². The van der Waals surface area contributed by atoms with Crippen LogP contribution in [0.2, 0.25) is 0 Å². The van der Waals surface area contributed by atoms with E-state index in [0.717, 1.165) is 5.75 Å². The molecule has 0 aliphatic carbocycles. The van der Waals surface area contributed by atoms with Crippen molar-refractivity contribution in [3.63, 3.8) is 0 Å². The summed E-state index contributed by atoms with van der Waals surface area (Å²) < 4.78 is 0. The van der Waals surface area contributed by atoms with Crippen molar-refractivity contribution in [1.29, 1.82) is 0 Å². The largest absolute Gasteiger partial charge is 0.175 e. The van der Waals surface area contributed by atoms with Crippen LogP contribution in [0.15, 0.2) is 23.6 Å². The third-order valence-corrected chi connectivity index (χ3v) is 1.98. The zero-order valence-electron chi connectivity index (χ0n) is 4.95. The van der Waals surface area contributed by atoms with Crippen LogP contribution in [0.4, 0.5) is 0 Å². The SMILES string of the molecule is SCC=Cc1cccs1. The Morgan fingerprint density at radius 1 is 1.67 bits per heavy atom. The molecular weight excluding hydrogens is 148 g/mol. The van der Waals surface area contributed by atoms with E-state index in [1.807, 2.05) is 12.1 Å². The van der Waals surface area contributed by atoms with Gasteiger partial charge in [0.05, 0.1) is 0 Å². The molecule has 0 unspecified atom stereocenters. The fourth-order valence-electron chi connectivity index (χ4n) is 0.555. The van der Waals surface area contributed by atoms with Gasteiger partial charge in [-0.2, -0.15) is 12.6 Å². The maximum absolute atomic E-state index is 4.05. The summed E-state index contributed by atoms with van der Waals surface area (Å²) >= 11 is 5.79. The maximum atomic E-state index is 4.05. The second kappa shape index (κ2) is 3.75. The zero-order chi connectivity index (χ0) is 6.53. The molecule has 0 spiro atoms. The second-order valence-corrected chi connectivity index (χ2v) is 2.94. The lowest BCUT2D eigenvalue weighted by atomic mass is 10.4. The summed E-state index contributed by atoms with van der Waals surface area (Å²) in [7, 11) is 0. The predicted octanol–water partition coefficient (Wildman–Crippen LogP) is 2.69. The molecule has 0 aromatic carbocycles. The lowest BCUT2D eigenvalue weighted by Gasteiger charge is -1.78. The molecule has 1 heterocycles. The van der Waals surface area contributed by atoms with E-state index in [1.165, 1.54) is 4.88 Å². The maximum Gasteiger partial charge on any atom is 0.0267 e. The third-order valence-electron chi connectivity index (χ3n) is 0.931. The van der Waals surface area contributed by atoms with Crippen LogP contribution in [0.1, 0.15) is 4.88 Å². The molecule has 1 aromatic rings. The average Bonchev–Trinajstić information content (AvgIpc) is 2.34. The number of hydrogen-bond acceptors (Lipinski definition) is 2. The molecule has 0 radical (unpaired) electrons. The van der Waals surface area contributed by atoms with Crippen molar-refractivity contribution in [1.82, 2.24) is 0 Å². The minimum absolute atomic E-state index is 0.817. The highest BCUT2D eigenvalue weighted by Crippen LogP contribution is 2.09. The highest BCUT2D eigenvalue weighted by molar-refractivity contribution is 7.80. The first-order valence-corrected chi connectivity index (χ1v) is 4.25. The molecular formula is C7H8S2. The van der Waals surface area contributed by atoms with Crippen molar-refractivity contribution in [2.75, 3.05) is 5.75 Å². The van der Waals surface area contributed by atoms with Gasteiger partial charge in [-0.1, -0.05) is 12.1 Å². The van der Waals surface area contributed by atoms with E-state index in [2.05, 4.69) is 30.2 Å². The molecule has 1 rings (SSSR count). The Morgan fingerprint density at radius 2 is 2.56 bits per heavy atom. The van der Waals surface area contributed by atoms with Crippen molar-refractivity contribution in [2.45, 2.75) is 0 Å². The van der Waals surface area contributed by atoms with E-state index in [4.69, 9.17) is 0 Å². The number of thiol groups is 1. The quantitative estimate of drug-likeness (QED) is 0.625. The topological polar surface area (TPSA) is 0 Å². The molecule has 0 aliphatic heterocycles. The molecule has 0 aliphatic rings. The summed E-state index contributed by atoms with van der Waals surface area (Å²) in [5.41, 5.74) is 0. The molecule has 0 amide bonds. The first-order valence-electron chi connectivity index (χ1n) is 2.74. The van der Waals surface area contributed by atoms with Crippen molar-refractivity contribution in [2.24, 2.45) is 0 Å². The highest BCUT2D eigenvalue weighted by atomic mass is 32.1. The van der Waals surface area contributed by atoms with Gasteiger partial charge in [0.2, 0.25) is 0 Å². The molecule has 0 N–H and O–H groups in total. The Hall–Kier alpha value is -0.210. The predicted molar refractivity (Wildman–Crippen MR) is 47.2 cm³/mol. The summed E-state index contributed by atoms with van der Waals surface area (Å²) in [5, 5.41) is 2.07. The summed E-state index contributed by atoms with van der Waals surface area (Å²) in [6.07, 6.45) is 4.12. The first-order chi connectivity index (χ1) is 4.43. The lowest BCUT2D eigenvalue weighted by molar-refractivity contribution is 1.82. The molecule has 0 fully saturated rings. The van der Waals surface area contributed by atoms with Gasteiger partial charge in [-0.25, -0.2) is 0 Å². The van der Waals surface area contributed by atoms with Crippen molar-refractivity contribution < 1.29 is 0 Å². The van der Waals surface area contributed by atoms with Crippen LogP contribution in [0.3, 0.4) is 0 Å². The normalized spacial score (nSPS) is 10.8. The van der Waals surface area contributed by atoms with E-state index < -0.39 is 0 Å². The fraction of sp³-hybridized carbons (Fsp3) is 0.143. The first kappa shape index (κ1) is 6.90. The molecule has 0 bridgehead atoms. The van der Waals surface area contributed by atoms with E-state index >= 15 is 0 Å². The van der Waals surface area contributed by atoms with Crippen molar-refractivity contribution in [3.05, 3.63) is 28.5 Å². The Kier molecular flexibility index (Phi) is 2.87. The van der Waals surface area contributed by atoms with Gasteiger partial charge < -0.3 is 0 Å². The Morgan fingerprint density at radius 3 is 3.11 bits per heavy atom. The van der Waals surface area contributed by atoms with Crippen LogP contribution >= 0.6 is 24.0 Å². The van der Waals surface area contributed by atoms with Gasteiger partial charge >= 0.3 is 0 Å². The molecule has 0 atom stereocenters. The third kappa shape index (κ3) is 2.24. The summed E-state index contributed by atoms with van der Waals surface area (Å²) in [4.78, 5) is 1.30. The van der Waals surface area contributed by atoms with E-state index in [1.54, 1.807) is 11.3 Å². The van der Waals surface area contributed by atoms with Crippen LogP contribution < -0.4 is 0 Å². The van der Waals surface area contributed by atoms with Crippen LogP contribution in [-0.2, 0) is 0 Å². The van der Waals surface area contributed by atoms with Crippen molar-refractivity contribution in [3.8, 4) is 0 Å². The van der Waals surface area contributed by atoms with Crippen molar-refractivity contribution >= 4 is 30.0 Å². The monoisotopic (exact) mass is 156 g/mol. The van der Waals surface area contributed by atoms with Crippen LogP contribution in [-0.4, -0.2) is 5.75 Å². The number of hydrogen-bond donors (Lipinski definition) is 1. The Balaban J connectivity index is 2.57. The minimum atomic E-state index is 0.817. The highest BCUT2D eigenvalue weighted by Gasteiger charge is 1.81. The molecule has 1 aromatic heterocycles. The smallest absolute Gasteiger partial charge is 0.0267 e. The van der Waals surface area contributed by atoms with E-state index in [-0.39, 0.29) is 0 Å². The van der Waals surface area contributed by atoms with Gasteiger partial charge in [-0.15, -0.1) is 11.3 Å². The average molecular weight is 156 g/mol. The van der Waals surface area contributed by atoms with Crippen LogP contribution in [0.25, 0.3) is 6.08 Å². The molecule has 0 saturated heterocycles. The number of rotatable bonds is 2. The summed E-state index contributed by atoms with van der Waals surface area (Å²) in [5.74, 6) is 0.817. The van der Waals surface area contributed by atoms with Crippen LogP contribution in [0.5, 0.6) is 0 Å². The van der Waals surface area contributed by atoms with Gasteiger partial charge in [0, 0.05) is 10.6 Å². The minimum Gasteiger partial charge on any atom is -0.175 e. The van der Waals surface area contributed by atoms with E-state index in [9.17, 15) is 0 Å². The zero-order valence-corrected chi connectivity index (χ0v) is 6.66. The van der Waals surface area contributed by atoms with Gasteiger partial charge in [0.1, 0.15) is 0 Å². The second-order valence-electron chi connectivity index (χ2n) is 1.60. The lowest BCUT2D eigenvalue weighted by Crippen LogP contribution is -1.58. The molecule has 48 valence electrons. The summed E-state index contributed by atoms with van der Waals surface area (Å²) in [6.45, 7) is 0.